The maximum absolute atomic E-state index is 12.5. The molecule has 0 bridgehead atoms. The Kier molecular flexibility index (Phi) is 4.11. The van der Waals surface area contributed by atoms with Crippen LogP contribution in [-0.4, -0.2) is 27.8 Å². The largest absolute Gasteiger partial charge is 0.493 e. The molecule has 2 heterocycles. The molecule has 0 aliphatic carbocycles. The first-order valence-corrected chi connectivity index (χ1v) is 8.06. The summed E-state index contributed by atoms with van der Waals surface area (Å²) >= 11 is 0. The summed E-state index contributed by atoms with van der Waals surface area (Å²) in [5.74, 6) is 1.55. The number of hydrogen-bond acceptors (Lipinski definition) is 4. The molecule has 3 rings (SSSR count). The average Bonchev–Trinajstić information content (AvgIpc) is 2.96. The van der Waals surface area contributed by atoms with E-state index >= 15 is 0 Å². The lowest BCUT2D eigenvalue weighted by Crippen LogP contribution is -1.98. The van der Waals surface area contributed by atoms with E-state index in [-0.39, 0.29) is 0 Å². The van der Waals surface area contributed by atoms with Crippen LogP contribution in [0, 0.1) is 0 Å². The molecule has 0 N–H and O–H groups in total. The van der Waals surface area contributed by atoms with E-state index in [9.17, 15) is 4.21 Å². The summed E-state index contributed by atoms with van der Waals surface area (Å²) in [6.45, 7) is 0. The van der Waals surface area contributed by atoms with Gasteiger partial charge in [-0.15, -0.1) is 0 Å². The second kappa shape index (κ2) is 6.19. The first-order valence-electron chi connectivity index (χ1n) is 6.74. The summed E-state index contributed by atoms with van der Waals surface area (Å²) in [5.41, 5.74) is 1.64. The Morgan fingerprint density at radius 3 is 2.68 bits per heavy atom. The van der Waals surface area contributed by atoms with Crippen molar-refractivity contribution in [1.29, 1.82) is 0 Å². The highest BCUT2D eigenvalue weighted by atomic mass is 32.2. The summed E-state index contributed by atoms with van der Waals surface area (Å²) in [5, 5.41) is 0. The Morgan fingerprint density at radius 2 is 1.95 bits per heavy atom. The normalized spacial score (nSPS) is 12.3. The number of ether oxygens (including phenoxy) is 2. The van der Waals surface area contributed by atoms with Crippen LogP contribution in [-0.2, 0) is 16.6 Å². The lowest BCUT2D eigenvalue weighted by Gasteiger charge is -2.08. The van der Waals surface area contributed by atoms with E-state index in [2.05, 4.69) is 4.98 Å². The summed E-state index contributed by atoms with van der Waals surface area (Å²) in [6.07, 6.45) is 3.82. The van der Waals surface area contributed by atoms with Gasteiger partial charge in [-0.2, -0.15) is 0 Å². The maximum atomic E-state index is 12.5. The molecule has 1 atom stereocenters. The fourth-order valence-electron chi connectivity index (χ4n) is 2.23. The number of imidazole rings is 1. The number of hydrogen-bond donors (Lipinski definition) is 0. The molecule has 0 radical (unpaired) electrons. The van der Waals surface area contributed by atoms with Crippen molar-refractivity contribution in [2.45, 2.75) is 10.6 Å². The van der Waals surface area contributed by atoms with Gasteiger partial charge in [0, 0.05) is 23.4 Å². The Bertz CT molecular complexity index is 796. The van der Waals surface area contributed by atoms with Crippen molar-refractivity contribution in [2.75, 3.05) is 14.2 Å². The molecule has 6 heteroatoms. The smallest absolute Gasteiger partial charge is 0.161 e. The van der Waals surface area contributed by atoms with Crippen molar-refractivity contribution in [3.8, 4) is 11.5 Å². The molecule has 1 aromatic carbocycles. The summed E-state index contributed by atoms with van der Waals surface area (Å²) < 4.78 is 24.9. The molecule has 2 aromatic heterocycles. The van der Waals surface area contributed by atoms with Gasteiger partial charge in [0.05, 0.1) is 36.5 Å². The van der Waals surface area contributed by atoms with Crippen LogP contribution in [0.1, 0.15) is 5.69 Å². The van der Waals surface area contributed by atoms with Crippen LogP contribution in [0.5, 0.6) is 11.5 Å². The monoisotopic (exact) mass is 316 g/mol. The van der Waals surface area contributed by atoms with Crippen LogP contribution >= 0.6 is 0 Å². The number of benzene rings is 1. The van der Waals surface area contributed by atoms with Gasteiger partial charge in [0.25, 0.3) is 0 Å². The zero-order valence-corrected chi connectivity index (χ0v) is 13.2. The van der Waals surface area contributed by atoms with Crippen molar-refractivity contribution in [1.82, 2.24) is 9.38 Å². The first-order chi connectivity index (χ1) is 10.7. The van der Waals surface area contributed by atoms with E-state index in [1.807, 2.05) is 35.0 Å². The van der Waals surface area contributed by atoms with E-state index < -0.39 is 10.8 Å². The molecule has 0 unspecified atom stereocenters. The molecule has 5 nitrogen and oxygen atoms in total. The number of methoxy groups -OCH3 is 2. The average molecular weight is 316 g/mol. The minimum Gasteiger partial charge on any atom is -0.493 e. The molecular formula is C16H16N2O3S. The van der Waals surface area contributed by atoms with Gasteiger partial charge in [-0.25, -0.2) is 4.98 Å². The van der Waals surface area contributed by atoms with Gasteiger partial charge in [0.2, 0.25) is 0 Å². The Morgan fingerprint density at radius 1 is 1.14 bits per heavy atom. The molecule has 0 aliphatic rings. The summed E-state index contributed by atoms with van der Waals surface area (Å²) in [4.78, 5) is 5.16. The summed E-state index contributed by atoms with van der Waals surface area (Å²) in [6, 6.07) is 11.1. The number of pyridine rings is 1. The fraction of sp³-hybridized carbons (Fsp3) is 0.188. The fourth-order valence-corrected chi connectivity index (χ4v) is 3.27. The van der Waals surface area contributed by atoms with Crippen molar-refractivity contribution < 1.29 is 13.7 Å². The van der Waals surface area contributed by atoms with Gasteiger partial charge in [-0.3, -0.25) is 4.21 Å². The topological polar surface area (TPSA) is 52.8 Å². The Hall–Kier alpha value is -2.34. The van der Waals surface area contributed by atoms with Crippen molar-refractivity contribution in [3.05, 3.63) is 54.5 Å². The predicted molar refractivity (Wildman–Crippen MR) is 84.9 cm³/mol. The van der Waals surface area contributed by atoms with E-state index in [1.165, 1.54) is 0 Å². The number of nitrogens with zero attached hydrogens (tertiary/aromatic N) is 2. The predicted octanol–water partition coefficient (Wildman–Crippen LogP) is 2.66. The highest BCUT2D eigenvalue weighted by molar-refractivity contribution is 7.84. The standard InChI is InChI=1S/C16H16N2O3S/c1-20-14-7-6-13(9-15(14)21-2)22(19)11-12-10-18-8-4-3-5-16(18)17-12/h3-10H,11H2,1-2H3/t22-/m0/s1. The van der Waals surface area contributed by atoms with Gasteiger partial charge in [-0.1, -0.05) is 6.07 Å². The SMILES string of the molecule is COc1ccc([S@@](=O)Cc2cn3ccccc3n2)cc1OC. The van der Waals surface area contributed by atoms with E-state index in [1.54, 1.807) is 32.4 Å². The molecular weight excluding hydrogens is 300 g/mol. The highest BCUT2D eigenvalue weighted by Crippen LogP contribution is 2.29. The third-order valence-corrected chi connectivity index (χ3v) is 4.65. The number of rotatable bonds is 5. The van der Waals surface area contributed by atoms with Crippen molar-refractivity contribution in [3.63, 3.8) is 0 Å². The van der Waals surface area contributed by atoms with E-state index in [0.29, 0.717) is 22.1 Å². The maximum Gasteiger partial charge on any atom is 0.161 e. The molecule has 0 spiro atoms. The lowest BCUT2D eigenvalue weighted by atomic mass is 10.3. The van der Waals surface area contributed by atoms with Crippen molar-refractivity contribution >= 4 is 16.4 Å². The number of fused-ring (bicyclic) bond motifs is 1. The van der Waals surface area contributed by atoms with Crippen LogP contribution < -0.4 is 9.47 Å². The van der Waals surface area contributed by atoms with Crippen LogP contribution in [0.25, 0.3) is 5.65 Å². The first kappa shape index (κ1) is 14.6. The molecule has 0 aliphatic heterocycles. The van der Waals surface area contributed by atoms with Gasteiger partial charge in [0.1, 0.15) is 5.65 Å². The molecule has 0 fully saturated rings. The summed E-state index contributed by atoms with van der Waals surface area (Å²) in [7, 11) is 1.94. The second-order valence-corrected chi connectivity index (χ2v) is 6.16. The van der Waals surface area contributed by atoms with Crippen LogP contribution in [0.15, 0.2) is 53.7 Å². The number of aromatic nitrogens is 2. The zero-order chi connectivity index (χ0) is 15.5. The van der Waals surface area contributed by atoms with Gasteiger partial charge >= 0.3 is 0 Å². The van der Waals surface area contributed by atoms with Gasteiger partial charge < -0.3 is 13.9 Å². The molecule has 3 aromatic rings. The minimum absolute atomic E-state index is 0.358. The Labute approximate surface area is 131 Å². The van der Waals surface area contributed by atoms with Gasteiger partial charge in [-0.05, 0) is 24.3 Å². The second-order valence-electron chi connectivity index (χ2n) is 4.70. The lowest BCUT2D eigenvalue weighted by molar-refractivity contribution is 0.354. The molecule has 114 valence electrons. The zero-order valence-electron chi connectivity index (χ0n) is 12.4. The van der Waals surface area contributed by atoms with Crippen molar-refractivity contribution in [2.24, 2.45) is 0 Å². The van der Waals surface area contributed by atoms with Crippen LogP contribution in [0.4, 0.5) is 0 Å². The van der Waals surface area contributed by atoms with Crippen LogP contribution in [0.2, 0.25) is 0 Å². The van der Waals surface area contributed by atoms with Crippen LogP contribution in [0.3, 0.4) is 0 Å². The van der Waals surface area contributed by atoms with Gasteiger partial charge in [0.15, 0.2) is 11.5 Å². The quantitative estimate of drug-likeness (QED) is 0.726. The molecule has 0 amide bonds. The minimum atomic E-state index is -1.19. The Balaban J connectivity index is 1.84. The molecule has 0 saturated heterocycles. The molecule has 22 heavy (non-hydrogen) atoms. The third kappa shape index (κ3) is 2.82. The molecule has 0 saturated carbocycles. The van der Waals surface area contributed by atoms with E-state index in [0.717, 1.165) is 11.3 Å². The highest BCUT2D eigenvalue weighted by Gasteiger charge is 2.12. The van der Waals surface area contributed by atoms with E-state index in [4.69, 9.17) is 9.47 Å². The third-order valence-electron chi connectivity index (χ3n) is 3.31.